The van der Waals surface area contributed by atoms with Gasteiger partial charge in [0.25, 0.3) is 0 Å². The minimum absolute atomic E-state index is 0.0678. The molecule has 0 aliphatic carbocycles. The van der Waals surface area contributed by atoms with Crippen LogP contribution in [0.15, 0.2) is 0 Å². The number of hydrogen-bond donors (Lipinski definition) is 2. The molecule has 1 amide bonds. The normalized spacial score (nSPS) is 15.6. The second-order valence-corrected chi connectivity index (χ2v) is 5.01. The second kappa shape index (κ2) is 6.86. The van der Waals surface area contributed by atoms with Crippen molar-refractivity contribution in [3.8, 4) is 0 Å². The van der Waals surface area contributed by atoms with Gasteiger partial charge in [0.15, 0.2) is 0 Å². The van der Waals surface area contributed by atoms with Crippen LogP contribution >= 0.6 is 0 Å². The zero-order valence-electron chi connectivity index (χ0n) is 11.4. The first-order valence-corrected chi connectivity index (χ1v) is 5.82. The first-order valence-electron chi connectivity index (χ1n) is 5.82. The van der Waals surface area contributed by atoms with E-state index >= 15 is 0 Å². The third-order valence-corrected chi connectivity index (χ3v) is 2.69. The molecule has 0 fully saturated rings. The molecule has 0 radical (unpaired) electrons. The summed E-state index contributed by atoms with van der Waals surface area (Å²) in [5.74, 6) is 0.0678. The van der Waals surface area contributed by atoms with Gasteiger partial charge in [-0.25, -0.2) is 0 Å². The minimum atomic E-state index is -0.126. The Morgan fingerprint density at radius 3 is 2.31 bits per heavy atom. The van der Waals surface area contributed by atoms with Gasteiger partial charge in [0.05, 0.1) is 5.60 Å². The van der Waals surface area contributed by atoms with Crippen molar-refractivity contribution >= 4 is 5.91 Å². The van der Waals surface area contributed by atoms with Crippen LogP contribution in [0.1, 0.15) is 40.5 Å². The van der Waals surface area contributed by atoms with Gasteiger partial charge in [-0.1, -0.05) is 0 Å². The Bertz CT molecular complexity index is 217. The van der Waals surface area contributed by atoms with E-state index in [1.54, 1.807) is 14.2 Å². The molecule has 0 spiro atoms. The molecule has 0 bridgehead atoms. The molecule has 0 rings (SSSR count). The predicted octanol–water partition coefficient (Wildman–Crippen LogP) is 1.30. The Kier molecular flexibility index (Phi) is 6.60. The van der Waals surface area contributed by atoms with Crippen molar-refractivity contribution in [3.05, 3.63) is 0 Å². The summed E-state index contributed by atoms with van der Waals surface area (Å²) < 4.78 is 5.37. The fourth-order valence-electron chi connectivity index (χ4n) is 1.80. The van der Waals surface area contributed by atoms with Gasteiger partial charge in [-0.3, -0.25) is 4.79 Å². The number of carbonyl (C=O) groups excluding carboxylic acids is 1. The summed E-state index contributed by atoms with van der Waals surface area (Å²) >= 11 is 0. The third kappa shape index (κ3) is 6.80. The Labute approximate surface area is 99.1 Å². The maximum absolute atomic E-state index is 11.2. The molecular weight excluding hydrogens is 204 g/mol. The van der Waals surface area contributed by atoms with E-state index in [1.165, 1.54) is 0 Å². The number of nitrogens with one attached hydrogen (secondary N) is 2. The highest BCUT2D eigenvalue weighted by molar-refractivity contribution is 5.76. The number of amides is 1. The summed E-state index contributed by atoms with van der Waals surface area (Å²) in [6.45, 7) is 8.26. The summed E-state index contributed by atoms with van der Waals surface area (Å²) in [6.07, 6.45) is 1.43. The van der Waals surface area contributed by atoms with Crippen molar-refractivity contribution in [2.45, 2.75) is 58.2 Å². The molecule has 0 aliphatic heterocycles. The molecule has 2 unspecified atom stereocenters. The van der Waals surface area contributed by atoms with Crippen LogP contribution < -0.4 is 10.6 Å². The molecular formula is C12H26N2O2. The van der Waals surface area contributed by atoms with E-state index in [4.69, 9.17) is 4.74 Å². The average molecular weight is 230 g/mol. The number of carbonyl (C=O) groups is 1. The standard InChI is InChI=1S/C12H26N2O2/c1-9(7-11(15)13-5)14-10(2)8-12(3,4)16-6/h9-10,14H,7-8H2,1-6H3,(H,13,15). The molecule has 0 aliphatic rings. The minimum Gasteiger partial charge on any atom is -0.379 e. The quantitative estimate of drug-likeness (QED) is 0.693. The molecule has 0 saturated heterocycles. The second-order valence-electron chi connectivity index (χ2n) is 5.01. The van der Waals surface area contributed by atoms with Gasteiger partial charge in [0.2, 0.25) is 5.91 Å². The largest absolute Gasteiger partial charge is 0.379 e. The highest BCUT2D eigenvalue weighted by atomic mass is 16.5. The summed E-state index contributed by atoms with van der Waals surface area (Å²) in [7, 11) is 3.38. The molecule has 0 saturated carbocycles. The molecule has 96 valence electrons. The van der Waals surface area contributed by atoms with Crippen molar-refractivity contribution in [2.24, 2.45) is 0 Å². The zero-order valence-corrected chi connectivity index (χ0v) is 11.4. The van der Waals surface area contributed by atoms with Gasteiger partial charge in [-0.15, -0.1) is 0 Å². The Hall–Kier alpha value is -0.610. The van der Waals surface area contributed by atoms with Gasteiger partial charge in [-0.2, -0.15) is 0 Å². The van der Waals surface area contributed by atoms with Crippen LogP contribution in [0.25, 0.3) is 0 Å². The lowest BCUT2D eigenvalue weighted by atomic mass is 9.99. The summed E-state index contributed by atoms with van der Waals surface area (Å²) in [5.41, 5.74) is -0.126. The van der Waals surface area contributed by atoms with Gasteiger partial charge in [0.1, 0.15) is 0 Å². The fraction of sp³-hybridized carbons (Fsp3) is 0.917. The van der Waals surface area contributed by atoms with E-state index in [1.807, 2.05) is 6.92 Å². The zero-order chi connectivity index (χ0) is 12.8. The lowest BCUT2D eigenvalue weighted by Crippen LogP contribution is -2.41. The van der Waals surface area contributed by atoms with Crippen molar-refractivity contribution in [1.29, 1.82) is 0 Å². The van der Waals surface area contributed by atoms with Crippen LogP contribution in [0.3, 0.4) is 0 Å². The first-order chi connectivity index (χ1) is 7.30. The number of hydrogen-bond acceptors (Lipinski definition) is 3. The van der Waals surface area contributed by atoms with Crippen LogP contribution in [0.5, 0.6) is 0 Å². The Balaban J connectivity index is 3.95. The Morgan fingerprint density at radius 1 is 1.31 bits per heavy atom. The molecule has 16 heavy (non-hydrogen) atoms. The molecule has 4 nitrogen and oxygen atoms in total. The highest BCUT2D eigenvalue weighted by Crippen LogP contribution is 2.15. The molecule has 2 atom stereocenters. The van der Waals surface area contributed by atoms with Crippen LogP contribution in [0.2, 0.25) is 0 Å². The van der Waals surface area contributed by atoms with Crippen LogP contribution in [0.4, 0.5) is 0 Å². The predicted molar refractivity (Wildman–Crippen MR) is 66.4 cm³/mol. The lowest BCUT2D eigenvalue weighted by Gasteiger charge is -2.28. The fourth-order valence-corrected chi connectivity index (χ4v) is 1.80. The number of ether oxygens (including phenoxy) is 1. The van der Waals surface area contributed by atoms with E-state index in [0.717, 1.165) is 6.42 Å². The SMILES string of the molecule is CNC(=O)CC(C)NC(C)CC(C)(C)OC. The van der Waals surface area contributed by atoms with Crippen LogP contribution in [0, 0.1) is 0 Å². The van der Waals surface area contributed by atoms with Crippen molar-refractivity contribution in [2.75, 3.05) is 14.2 Å². The summed E-state index contributed by atoms with van der Waals surface area (Å²) in [6, 6.07) is 0.511. The van der Waals surface area contributed by atoms with Crippen LogP contribution in [-0.4, -0.2) is 37.7 Å². The maximum Gasteiger partial charge on any atom is 0.221 e. The smallest absolute Gasteiger partial charge is 0.221 e. The topological polar surface area (TPSA) is 50.4 Å². The third-order valence-electron chi connectivity index (χ3n) is 2.69. The average Bonchev–Trinajstić information content (AvgIpc) is 2.16. The molecule has 0 heterocycles. The Morgan fingerprint density at radius 2 is 1.88 bits per heavy atom. The van der Waals surface area contributed by atoms with Gasteiger partial charge in [-0.05, 0) is 34.1 Å². The number of rotatable bonds is 7. The maximum atomic E-state index is 11.2. The molecule has 0 aromatic carbocycles. The molecule has 4 heteroatoms. The van der Waals surface area contributed by atoms with Gasteiger partial charge < -0.3 is 15.4 Å². The number of methoxy groups -OCH3 is 1. The summed E-state index contributed by atoms with van der Waals surface area (Å²) in [4.78, 5) is 11.2. The van der Waals surface area contributed by atoms with E-state index in [-0.39, 0.29) is 17.6 Å². The van der Waals surface area contributed by atoms with Gasteiger partial charge in [0, 0.05) is 32.7 Å². The van der Waals surface area contributed by atoms with E-state index in [2.05, 4.69) is 31.4 Å². The first kappa shape index (κ1) is 15.4. The molecule has 0 aromatic heterocycles. The molecule has 0 aromatic rings. The van der Waals surface area contributed by atoms with E-state index in [0.29, 0.717) is 12.5 Å². The molecule has 2 N–H and O–H groups in total. The van der Waals surface area contributed by atoms with E-state index in [9.17, 15) is 4.79 Å². The van der Waals surface area contributed by atoms with Crippen molar-refractivity contribution in [3.63, 3.8) is 0 Å². The monoisotopic (exact) mass is 230 g/mol. The lowest BCUT2D eigenvalue weighted by molar-refractivity contribution is -0.121. The highest BCUT2D eigenvalue weighted by Gasteiger charge is 2.21. The van der Waals surface area contributed by atoms with Crippen molar-refractivity contribution in [1.82, 2.24) is 10.6 Å². The van der Waals surface area contributed by atoms with Crippen LogP contribution in [-0.2, 0) is 9.53 Å². The van der Waals surface area contributed by atoms with Crippen molar-refractivity contribution < 1.29 is 9.53 Å². The van der Waals surface area contributed by atoms with Gasteiger partial charge >= 0.3 is 0 Å². The summed E-state index contributed by atoms with van der Waals surface area (Å²) in [5, 5.41) is 6.02. The van der Waals surface area contributed by atoms with E-state index < -0.39 is 0 Å².